The molecule has 0 unspecified atom stereocenters. The zero-order valence-electron chi connectivity index (χ0n) is 12.4. The summed E-state index contributed by atoms with van der Waals surface area (Å²) >= 11 is 0. The molecule has 0 atom stereocenters. The second kappa shape index (κ2) is 8.13. The molecule has 102 valence electrons. The van der Waals surface area contributed by atoms with E-state index in [2.05, 4.69) is 26.1 Å². The standard InChI is InChI=1S/C16H33N/c1-4-5-6-7-8-9-14-17-15-10-12-16(2,3)13-11-15/h15,17H,4-14H2,1-3H3. The van der Waals surface area contributed by atoms with Gasteiger partial charge in [0, 0.05) is 6.04 Å². The second-order valence-electron chi connectivity index (χ2n) is 6.66. The van der Waals surface area contributed by atoms with Gasteiger partial charge in [0.2, 0.25) is 0 Å². The predicted octanol–water partition coefficient (Wildman–Crippen LogP) is 4.91. The van der Waals surface area contributed by atoms with E-state index < -0.39 is 0 Å². The fraction of sp³-hybridized carbons (Fsp3) is 1.00. The fourth-order valence-electron chi connectivity index (χ4n) is 2.81. The maximum atomic E-state index is 3.75. The lowest BCUT2D eigenvalue weighted by Gasteiger charge is -2.34. The van der Waals surface area contributed by atoms with Crippen molar-refractivity contribution in [3.63, 3.8) is 0 Å². The smallest absolute Gasteiger partial charge is 0.00674 e. The highest BCUT2D eigenvalue weighted by Gasteiger charge is 2.26. The topological polar surface area (TPSA) is 12.0 Å². The summed E-state index contributed by atoms with van der Waals surface area (Å²) in [5, 5.41) is 3.75. The SMILES string of the molecule is CCCCCCCCNC1CCC(C)(C)CC1. The Balaban J connectivity index is 1.90. The van der Waals surface area contributed by atoms with E-state index in [9.17, 15) is 0 Å². The lowest BCUT2D eigenvalue weighted by molar-refractivity contribution is 0.206. The normalized spacial score (nSPS) is 20.6. The van der Waals surface area contributed by atoms with Crippen LogP contribution in [0, 0.1) is 5.41 Å². The molecule has 1 fully saturated rings. The van der Waals surface area contributed by atoms with Crippen molar-refractivity contribution in [3.8, 4) is 0 Å². The van der Waals surface area contributed by atoms with Crippen LogP contribution < -0.4 is 5.32 Å². The first-order valence-electron chi connectivity index (χ1n) is 7.87. The summed E-state index contributed by atoms with van der Waals surface area (Å²) in [5.74, 6) is 0. The monoisotopic (exact) mass is 239 g/mol. The fourth-order valence-corrected chi connectivity index (χ4v) is 2.81. The zero-order chi connectivity index (χ0) is 12.6. The molecule has 1 saturated carbocycles. The number of hydrogen-bond donors (Lipinski definition) is 1. The van der Waals surface area contributed by atoms with Crippen LogP contribution in [0.15, 0.2) is 0 Å². The minimum absolute atomic E-state index is 0.609. The van der Waals surface area contributed by atoms with E-state index in [0.717, 1.165) is 6.04 Å². The van der Waals surface area contributed by atoms with Crippen molar-refractivity contribution in [2.45, 2.75) is 91.0 Å². The van der Waals surface area contributed by atoms with Crippen LogP contribution in [0.1, 0.15) is 85.0 Å². The summed E-state index contributed by atoms with van der Waals surface area (Å²) in [4.78, 5) is 0. The molecule has 0 aromatic heterocycles. The zero-order valence-corrected chi connectivity index (χ0v) is 12.4. The number of unbranched alkanes of at least 4 members (excludes halogenated alkanes) is 5. The van der Waals surface area contributed by atoms with E-state index in [1.807, 2.05) is 0 Å². The van der Waals surface area contributed by atoms with Crippen LogP contribution in [-0.2, 0) is 0 Å². The van der Waals surface area contributed by atoms with Gasteiger partial charge in [-0.3, -0.25) is 0 Å². The average molecular weight is 239 g/mol. The highest BCUT2D eigenvalue weighted by Crippen LogP contribution is 2.34. The maximum Gasteiger partial charge on any atom is 0.00674 e. The third-order valence-electron chi connectivity index (χ3n) is 4.30. The van der Waals surface area contributed by atoms with Crippen LogP contribution in [0.4, 0.5) is 0 Å². The van der Waals surface area contributed by atoms with Crippen molar-refractivity contribution in [3.05, 3.63) is 0 Å². The summed E-state index contributed by atoms with van der Waals surface area (Å²) in [6.45, 7) is 8.36. The Kier molecular flexibility index (Phi) is 7.18. The van der Waals surface area contributed by atoms with Crippen molar-refractivity contribution in [2.75, 3.05) is 6.54 Å². The summed E-state index contributed by atoms with van der Waals surface area (Å²) in [5.41, 5.74) is 0.609. The molecule has 1 nitrogen and oxygen atoms in total. The lowest BCUT2D eigenvalue weighted by atomic mass is 9.75. The van der Waals surface area contributed by atoms with Gasteiger partial charge in [0.05, 0.1) is 0 Å². The molecule has 0 aromatic rings. The molecule has 1 rings (SSSR count). The van der Waals surface area contributed by atoms with Gasteiger partial charge in [0.25, 0.3) is 0 Å². The summed E-state index contributed by atoms with van der Waals surface area (Å²) in [6, 6.07) is 0.818. The molecule has 0 amide bonds. The van der Waals surface area contributed by atoms with Gasteiger partial charge in [0.15, 0.2) is 0 Å². The quantitative estimate of drug-likeness (QED) is 0.594. The molecular weight excluding hydrogens is 206 g/mol. The highest BCUT2D eigenvalue weighted by atomic mass is 14.9. The molecule has 1 aliphatic rings. The van der Waals surface area contributed by atoms with Crippen molar-refractivity contribution in [1.82, 2.24) is 5.32 Å². The Labute approximate surface area is 109 Å². The summed E-state index contributed by atoms with van der Waals surface area (Å²) in [7, 11) is 0. The first-order valence-corrected chi connectivity index (χ1v) is 7.87. The van der Waals surface area contributed by atoms with E-state index in [1.54, 1.807) is 0 Å². The maximum absolute atomic E-state index is 3.75. The predicted molar refractivity (Wildman–Crippen MR) is 77.4 cm³/mol. The first-order chi connectivity index (χ1) is 8.14. The molecule has 1 N–H and O–H groups in total. The number of hydrogen-bond acceptors (Lipinski definition) is 1. The molecule has 1 aliphatic carbocycles. The minimum atomic E-state index is 0.609. The van der Waals surface area contributed by atoms with E-state index in [4.69, 9.17) is 0 Å². The van der Waals surface area contributed by atoms with E-state index in [0.29, 0.717) is 5.41 Å². The van der Waals surface area contributed by atoms with E-state index in [1.165, 1.54) is 70.8 Å². The van der Waals surface area contributed by atoms with E-state index in [-0.39, 0.29) is 0 Å². The van der Waals surface area contributed by atoms with Gasteiger partial charge in [0.1, 0.15) is 0 Å². The summed E-state index contributed by atoms with van der Waals surface area (Å²) < 4.78 is 0. The minimum Gasteiger partial charge on any atom is -0.314 e. The van der Waals surface area contributed by atoms with Crippen LogP contribution in [0.2, 0.25) is 0 Å². The van der Waals surface area contributed by atoms with Gasteiger partial charge in [-0.2, -0.15) is 0 Å². The van der Waals surface area contributed by atoms with Gasteiger partial charge in [-0.1, -0.05) is 52.9 Å². The van der Waals surface area contributed by atoms with Crippen LogP contribution in [0.3, 0.4) is 0 Å². The van der Waals surface area contributed by atoms with Gasteiger partial charge in [-0.05, 0) is 44.1 Å². The Morgan fingerprint density at radius 2 is 1.53 bits per heavy atom. The summed E-state index contributed by atoms with van der Waals surface area (Å²) in [6.07, 6.45) is 14.0. The molecule has 0 aromatic carbocycles. The Hall–Kier alpha value is -0.0400. The van der Waals surface area contributed by atoms with Crippen molar-refractivity contribution in [1.29, 1.82) is 0 Å². The lowest BCUT2D eigenvalue weighted by Crippen LogP contribution is -2.36. The molecule has 17 heavy (non-hydrogen) atoms. The third-order valence-corrected chi connectivity index (χ3v) is 4.30. The van der Waals surface area contributed by atoms with E-state index >= 15 is 0 Å². The number of rotatable bonds is 8. The molecule has 0 heterocycles. The van der Waals surface area contributed by atoms with Crippen molar-refractivity contribution in [2.24, 2.45) is 5.41 Å². The Bertz CT molecular complexity index is 176. The third kappa shape index (κ3) is 7.08. The Morgan fingerprint density at radius 1 is 0.941 bits per heavy atom. The molecule has 0 spiro atoms. The Morgan fingerprint density at radius 3 is 2.18 bits per heavy atom. The molecule has 0 radical (unpaired) electrons. The van der Waals surface area contributed by atoms with Crippen molar-refractivity contribution < 1.29 is 0 Å². The van der Waals surface area contributed by atoms with Gasteiger partial charge in [-0.25, -0.2) is 0 Å². The molecule has 0 saturated heterocycles. The highest BCUT2D eigenvalue weighted by molar-refractivity contribution is 4.81. The van der Waals surface area contributed by atoms with Crippen LogP contribution >= 0.6 is 0 Å². The van der Waals surface area contributed by atoms with Crippen LogP contribution in [0.25, 0.3) is 0 Å². The number of nitrogens with one attached hydrogen (secondary N) is 1. The van der Waals surface area contributed by atoms with Gasteiger partial charge < -0.3 is 5.32 Å². The molecular formula is C16H33N. The molecule has 1 heteroatoms. The van der Waals surface area contributed by atoms with Gasteiger partial charge >= 0.3 is 0 Å². The van der Waals surface area contributed by atoms with Gasteiger partial charge in [-0.15, -0.1) is 0 Å². The van der Waals surface area contributed by atoms with Crippen LogP contribution in [-0.4, -0.2) is 12.6 Å². The van der Waals surface area contributed by atoms with Crippen LogP contribution in [0.5, 0.6) is 0 Å². The average Bonchev–Trinajstić information content (AvgIpc) is 2.30. The first kappa shape index (κ1) is 15.0. The largest absolute Gasteiger partial charge is 0.314 e. The molecule has 0 bridgehead atoms. The van der Waals surface area contributed by atoms with Crippen molar-refractivity contribution >= 4 is 0 Å². The second-order valence-corrected chi connectivity index (χ2v) is 6.66. The molecule has 0 aliphatic heterocycles.